The van der Waals surface area contributed by atoms with Crippen LogP contribution in [0.1, 0.15) is 35.4 Å². The van der Waals surface area contributed by atoms with Crippen molar-refractivity contribution in [3.63, 3.8) is 0 Å². The minimum Gasteiger partial charge on any atom is -0.493 e. The summed E-state index contributed by atoms with van der Waals surface area (Å²) in [5.41, 5.74) is 2.54. The Labute approximate surface area is 130 Å². The zero-order valence-electron chi connectivity index (χ0n) is 12.9. The molecular formula is C18H20N2O2. The Morgan fingerprint density at radius 3 is 2.68 bits per heavy atom. The maximum atomic E-state index is 12.6. The fourth-order valence-electron chi connectivity index (χ4n) is 2.68. The highest BCUT2D eigenvalue weighted by molar-refractivity contribution is 6.01. The van der Waals surface area contributed by atoms with Gasteiger partial charge in [-0.15, -0.1) is 0 Å². The van der Waals surface area contributed by atoms with Gasteiger partial charge >= 0.3 is 0 Å². The van der Waals surface area contributed by atoms with Gasteiger partial charge in [0.15, 0.2) is 0 Å². The van der Waals surface area contributed by atoms with Gasteiger partial charge in [0.05, 0.1) is 12.2 Å². The van der Waals surface area contributed by atoms with Crippen LogP contribution in [0.5, 0.6) is 5.75 Å². The van der Waals surface area contributed by atoms with E-state index in [1.54, 1.807) is 4.90 Å². The molecule has 1 amide bonds. The summed E-state index contributed by atoms with van der Waals surface area (Å²) in [4.78, 5) is 14.3. The van der Waals surface area contributed by atoms with E-state index >= 15 is 0 Å². The van der Waals surface area contributed by atoms with Gasteiger partial charge in [0, 0.05) is 18.3 Å². The normalized spacial score (nSPS) is 16.9. The second kappa shape index (κ2) is 6.10. The number of hydrogen-bond donors (Lipinski definition) is 1. The Morgan fingerprint density at radius 1 is 1.14 bits per heavy atom. The van der Waals surface area contributed by atoms with Crippen LogP contribution in [0.3, 0.4) is 0 Å². The van der Waals surface area contributed by atoms with Gasteiger partial charge in [-0.1, -0.05) is 37.3 Å². The molecule has 3 rings (SSSR count). The summed E-state index contributed by atoms with van der Waals surface area (Å²) < 4.78 is 5.83. The number of amides is 1. The molecule has 0 saturated heterocycles. The molecule has 1 aliphatic rings. The van der Waals surface area contributed by atoms with E-state index in [1.807, 2.05) is 55.6 Å². The molecule has 1 aliphatic heterocycles. The van der Waals surface area contributed by atoms with E-state index in [9.17, 15) is 4.79 Å². The van der Waals surface area contributed by atoms with Crippen molar-refractivity contribution in [2.75, 3.05) is 19.0 Å². The molecule has 1 unspecified atom stereocenters. The van der Waals surface area contributed by atoms with E-state index in [-0.39, 0.29) is 12.1 Å². The van der Waals surface area contributed by atoms with Crippen LogP contribution in [0, 0.1) is 0 Å². The number of benzene rings is 2. The van der Waals surface area contributed by atoms with Crippen molar-refractivity contribution in [2.45, 2.75) is 19.5 Å². The highest BCUT2D eigenvalue weighted by atomic mass is 16.5. The van der Waals surface area contributed by atoms with Crippen molar-refractivity contribution in [3.8, 4) is 5.75 Å². The molecule has 1 atom stereocenters. The molecule has 0 aliphatic carbocycles. The second-order valence-electron chi connectivity index (χ2n) is 5.39. The van der Waals surface area contributed by atoms with Crippen molar-refractivity contribution in [1.82, 2.24) is 4.90 Å². The smallest absolute Gasteiger partial charge is 0.257 e. The highest BCUT2D eigenvalue weighted by Gasteiger charge is 2.31. The van der Waals surface area contributed by atoms with Gasteiger partial charge in [-0.25, -0.2) is 0 Å². The predicted octanol–water partition coefficient (Wildman–Crippen LogP) is 3.67. The number of para-hydroxylation sites is 2. The standard InChI is InChI=1S/C18H20N2O2/c1-3-12-22-16-11-7-5-9-14(16)17-19-15-10-6-4-8-13(15)18(21)20(17)2/h4-11,17,19H,3,12H2,1-2H3. The zero-order valence-corrected chi connectivity index (χ0v) is 12.9. The summed E-state index contributed by atoms with van der Waals surface area (Å²) in [5, 5.41) is 3.44. The molecule has 0 fully saturated rings. The van der Waals surface area contributed by atoms with E-state index < -0.39 is 0 Å². The number of rotatable bonds is 4. The minimum absolute atomic E-state index is 0.0182. The lowest BCUT2D eigenvalue weighted by atomic mass is 10.0. The van der Waals surface area contributed by atoms with Crippen molar-refractivity contribution in [3.05, 3.63) is 59.7 Å². The molecule has 0 spiro atoms. The van der Waals surface area contributed by atoms with E-state index in [0.29, 0.717) is 12.2 Å². The Balaban J connectivity index is 1.98. The Hall–Kier alpha value is -2.49. The molecule has 4 nitrogen and oxygen atoms in total. The summed E-state index contributed by atoms with van der Waals surface area (Å²) >= 11 is 0. The van der Waals surface area contributed by atoms with E-state index in [2.05, 4.69) is 12.2 Å². The molecule has 4 heteroatoms. The van der Waals surface area contributed by atoms with Crippen LogP contribution in [0.2, 0.25) is 0 Å². The van der Waals surface area contributed by atoms with Gasteiger partial charge in [-0.3, -0.25) is 4.79 Å². The Kier molecular flexibility index (Phi) is 4.00. The summed E-state index contributed by atoms with van der Waals surface area (Å²) in [6.45, 7) is 2.74. The molecule has 2 aromatic rings. The fourth-order valence-corrected chi connectivity index (χ4v) is 2.68. The predicted molar refractivity (Wildman–Crippen MR) is 87.1 cm³/mol. The fraction of sp³-hybridized carbons (Fsp3) is 0.278. The average Bonchev–Trinajstić information content (AvgIpc) is 2.56. The topological polar surface area (TPSA) is 41.6 Å². The van der Waals surface area contributed by atoms with Crippen LogP contribution < -0.4 is 10.1 Å². The number of nitrogens with zero attached hydrogens (tertiary/aromatic N) is 1. The Morgan fingerprint density at radius 2 is 1.86 bits per heavy atom. The van der Waals surface area contributed by atoms with Gasteiger partial charge in [-0.05, 0) is 24.6 Å². The van der Waals surface area contributed by atoms with Crippen molar-refractivity contribution < 1.29 is 9.53 Å². The number of carbonyl (C=O) groups is 1. The van der Waals surface area contributed by atoms with Crippen molar-refractivity contribution >= 4 is 11.6 Å². The van der Waals surface area contributed by atoms with Gasteiger partial charge in [0.2, 0.25) is 0 Å². The van der Waals surface area contributed by atoms with Gasteiger partial charge in [-0.2, -0.15) is 0 Å². The van der Waals surface area contributed by atoms with Crippen LogP contribution in [0.25, 0.3) is 0 Å². The number of nitrogens with one attached hydrogen (secondary N) is 1. The monoisotopic (exact) mass is 296 g/mol. The number of carbonyl (C=O) groups excluding carboxylic acids is 1. The quantitative estimate of drug-likeness (QED) is 0.936. The number of fused-ring (bicyclic) bond motifs is 1. The van der Waals surface area contributed by atoms with Crippen LogP contribution in [-0.2, 0) is 0 Å². The van der Waals surface area contributed by atoms with Crippen LogP contribution >= 0.6 is 0 Å². The van der Waals surface area contributed by atoms with Crippen LogP contribution in [-0.4, -0.2) is 24.5 Å². The lowest BCUT2D eigenvalue weighted by molar-refractivity contribution is 0.0733. The molecule has 2 aromatic carbocycles. The molecule has 114 valence electrons. The van der Waals surface area contributed by atoms with Crippen LogP contribution in [0.4, 0.5) is 5.69 Å². The molecule has 0 aromatic heterocycles. The lowest BCUT2D eigenvalue weighted by Gasteiger charge is -2.36. The number of hydrogen-bond acceptors (Lipinski definition) is 3. The van der Waals surface area contributed by atoms with Gasteiger partial charge < -0.3 is 15.0 Å². The summed E-state index contributed by atoms with van der Waals surface area (Å²) in [7, 11) is 1.81. The molecule has 22 heavy (non-hydrogen) atoms. The second-order valence-corrected chi connectivity index (χ2v) is 5.39. The van der Waals surface area contributed by atoms with Crippen molar-refractivity contribution in [2.24, 2.45) is 0 Å². The molecule has 1 N–H and O–H groups in total. The van der Waals surface area contributed by atoms with Gasteiger partial charge in [0.25, 0.3) is 5.91 Å². The maximum absolute atomic E-state index is 12.6. The largest absolute Gasteiger partial charge is 0.493 e. The van der Waals surface area contributed by atoms with E-state index in [4.69, 9.17) is 4.74 Å². The molecule has 0 bridgehead atoms. The minimum atomic E-state index is -0.226. The van der Waals surface area contributed by atoms with E-state index in [1.165, 1.54) is 0 Å². The third kappa shape index (κ3) is 2.52. The van der Waals surface area contributed by atoms with Gasteiger partial charge in [0.1, 0.15) is 11.9 Å². The molecular weight excluding hydrogens is 276 g/mol. The van der Waals surface area contributed by atoms with Crippen molar-refractivity contribution in [1.29, 1.82) is 0 Å². The molecule has 0 saturated carbocycles. The first-order valence-electron chi connectivity index (χ1n) is 7.57. The highest BCUT2D eigenvalue weighted by Crippen LogP contribution is 2.35. The number of ether oxygens (including phenoxy) is 1. The summed E-state index contributed by atoms with van der Waals surface area (Å²) in [6.07, 6.45) is 0.722. The zero-order chi connectivity index (χ0) is 15.5. The van der Waals surface area contributed by atoms with Crippen LogP contribution in [0.15, 0.2) is 48.5 Å². The molecule has 0 radical (unpaired) electrons. The summed E-state index contributed by atoms with van der Waals surface area (Å²) in [6, 6.07) is 15.5. The first-order valence-corrected chi connectivity index (χ1v) is 7.57. The molecule has 1 heterocycles. The third-order valence-electron chi connectivity index (χ3n) is 3.83. The Bertz CT molecular complexity index is 684. The first-order chi connectivity index (χ1) is 10.7. The maximum Gasteiger partial charge on any atom is 0.257 e. The first kappa shape index (κ1) is 14.4. The number of anilines is 1. The van der Waals surface area contributed by atoms with E-state index in [0.717, 1.165) is 23.4 Å². The lowest BCUT2D eigenvalue weighted by Crippen LogP contribution is -2.40. The summed E-state index contributed by atoms with van der Waals surface area (Å²) in [5.74, 6) is 0.838. The average molecular weight is 296 g/mol. The third-order valence-corrected chi connectivity index (χ3v) is 3.83. The SMILES string of the molecule is CCCOc1ccccc1C1Nc2ccccc2C(=O)N1C.